The molecule has 0 aliphatic rings. The molecule has 0 atom stereocenters. The lowest BCUT2D eigenvalue weighted by molar-refractivity contribution is 0.101. The minimum atomic E-state index is -0.343. The van der Waals surface area contributed by atoms with Crippen LogP contribution in [0.2, 0.25) is 0 Å². The van der Waals surface area contributed by atoms with Gasteiger partial charge in [0.2, 0.25) is 0 Å². The predicted octanol–water partition coefficient (Wildman–Crippen LogP) is 4.15. The van der Waals surface area contributed by atoms with Gasteiger partial charge in [-0.2, -0.15) is 5.26 Å². The number of nitriles is 1. The fourth-order valence-corrected chi connectivity index (χ4v) is 2.41. The van der Waals surface area contributed by atoms with Gasteiger partial charge in [-0.25, -0.2) is 4.98 Å². The number of rotatable bonds is 5. The van der Waals surface area contributed by atoms with E-state index in [0.29, 0.717) is 22.5 Å². The van der Waals surface area contributed by atoms with Crippen LogP contribution in [0.4, 0.5) is 17.1 Å². The molecule has 6 heteroatoms. The zero-order valence-corrected chi connectivity index (χ0v) is 14.6. The van der Waals surface area contributed by atoms with Crippen molar-refractivity contribution in [1.29, 1.82) is 5.26 Å². The van der Waals surface area contributed by atoms with E-state index in [0.717, 1.165) is 5.69 Å². The molecule has 1 aromatic heterocycles. The first-order valence-corrected chi connectivity index (χ1v) is 8.21. The minimum absolute atomic E-state index is 0.00778. The van der Waals surface area contributed by atoms with Gasteiger partial charge in [0.05, 0.1) is 23.5 Å². The van der Waals surface area contributed by atoms with Crippen molar-refractivity contribution >= 4 is 28.8 Å². The maximum Gasteiger partial charge on any atom is 0.274 e. The Bertz CT molecular complexity index is 1020. The van der Waals surface area contributed by atoms with Crippen LogP contribution < -0.4 is 10.6 Å². The van der Waals surface area contributed by atoms with E-state index in [9.17, 15) is 9.59 Å². The van der Waals surface area contributed by atoms with Crippen LogP contribution in [0, 0.1) is 11.3 Å². The third kappa shape index (κ3) is 4.55. The molecule has 1 heterocycles. The Morgan fingerprint density at radius 2 is 1.70 bits per heavy atom. The van der Waals surface area contributed by atoms with Crippen LogP contribution >= 0.6 is 0 Å². The van der Waals surface area contributed by atoms with Gasteiger partial charge in [-0.15, -0.1) is 0 Å². The normalized spacial score (nSPS) is 9.93. The van der Waals surface area contributed by atoms with Gasteiger partial charge in [0.25, 0.3) is 5.91 Å². The average molecular weight is 356 g/mol. The fourth-order valence-electron chi connectivity index (χ4n) is 2.41. The average Bonchev–Trinajstić information content (AvgIpc) is 2.69. The Labute approximate surface area is 156 Å². The molecule has 2 aromatic carbocycles. The van der Waals surface area contributed by atoms with Crippen LogP contribution in [0.25, 0.3) is 0 Å². The number of nitrogens with zero attached hydrogens (tertiary/aromatic N) is 2. The topological polar surface area (TPSA) is 94.9 Å². The second-order valence-electron chi connectivity index (χ2n) is 5.84. The van der Waals surface area contributed by atoms with Gasteiger partial charge in [0.1, 0.15) is 5.69 Å². The van der Waals surface area contributed by atoms with Crippen molar-refractivity contribution in [3.8, 4) is 6.07 Å². The van der Waals surface area contributed by atoms with Crippen LogP contribution in [0.1, 0.15) is 33.3 Å². The molecule has 0 radical (unpaired) electrons. The quantitative estimate of drug-likeness (QED) is 0.670. The Morgan fingerprint density at radius 3 is 2.33 bits per heavy atom. The number of amides is 1. The third-order valence-electron chi connectivity index (χ3n) is 3.83. The number of carbonyl (C=O) groups is 2. The Morgan fingerprint density at radius 1 is 0.963 bits per heavy atom. The van der Waals surface area contributed by atoms with Crippen LogP contribution in [-0.2, 0) is 0 Å². The highest BCUT2D eigenvalue weighted by molar-refractivity contribution is 6.03. The van der Waals surface area contributed by atoms with Crippen molar-refractivity contribution in [2.75, 3.05) is 10.6 Å². The van der Waals surface area contributed by atoms with E-state index >= 15 is 0 Å². The maximum absolute atomic E-state index is 12.3. The molecule has 0 aliphatic carbocycles. The number of nitrogens with one attached hydrogen (secondary N) is 2. The zero-order valence-electron chi connectivity index (χ0n) is 14.6. The number of benzene rings is 2. The highest BCUT2D eigenvalue weighted by atomic mass is 16.2. The van der Waals surface area contributed by atoms with Gasteiger partial charge in [0.15, 0.2) is 5.78 Å². The summed E-state index contributed by atoms with van der Waals surface area (Å²) in [5.41, 5.74) is 3.46. The molecular weight excluding hydrogens is 340 g/mol. The van der Waals surface area contributed by atoms with Crippen molar-refractivity contribution in [2.45, 2.75) is 6.92 Å². The summed E-state index contributed by atoms with van der Waals surface area (Å²) in [6, 6.07) is 19.1. The Balaban J connectivity index is 1.67. The number of hydrogen-bond donors (Lipinski definition) is 2. The molecule has 6 nitrogen and oxygen atoms in total. The first kappa shape index (κ1) is 17.8. The number of anilines is 3. The van der Waals surface area contributed by atoms with Crippen molar-refractivity contribution in [3.63, 3.8) is 0 Å². The zero-order chi connectivity index (χ0) is 19.2. The lowest BCUT2D eigenvalue weighted by Crippen LogP contribution is -2.13. The SMILES string of the molecule is CC(=O)c1cccc(Nc2ccc(C(=O)Nc3ccc(C#N)cc3)nc2)c1. The molecule has 0 saturated carbocycles. The van der Waals surface area contributed by atoms with E-state index in [4.69, 9.17) is 5.26 Å². The summed E-state index contributed by atoms with van der Waals surface area (Å²) in [4.78, 5) is 27.9. The van der Waals surface area contributed by atoms with E-state index in [1.165, 1.54) is 6.92 Å². The molecule has 27 heavy (non-hydrogen) atoms. The van der Waals surface area contributed by atoms with Gasteiger partial charge >= 0.3 is 0 Å². The van der Waals surface area contributed by atoms with Crippen molar-refractivity contribution in [1.82, 2.24) is 4.98 Å². The molecule has 2 N–H and O–H groups in total. The minimum Gasteiger partial charge on any atom is -0.354 e. The van der Waals surface area contributed by atoms with Crippen LogP contribution in [0.5, 0.6) is 0 Å². The summed E-state index contributed by atoms with van der Waals surface area (Å²) in [7, 11) is 0. The molecule has 132 valence electrons. The van der Waals surface area contributed by atoms with E-state index in [1.807, 2.05) is 12.1 Å². The summed E-state index contributed by atoms with van der Waals surface area (Å²) in [5, 5.41) is 14.7. The van der Waals surface area contributed by atoms with Crippen LogP contribution in [0.15, 0.2) is 66.9 Å². The first-order valence-electron chi connectivity index (χ1n) is 8.21. The van der Waals surface area contributed by atoms with E-state index in [-0.39, 0.29) is 17.4 Å². The standard InChI is InChI=1S/C21H16N4O2/c1-14(26)16-3-2-4-18(11-16)24-19-9-10-20(23-13-19)21(27)25-17-7-5-15(12-22)6-8-17/h2-11,13,24H,1H3,(H,25,27). The van der Waals surface area contributed by atoms with Gasteiger partial charge in [-0.3, -0.25) is 9.59 Å². The summed E-state index contributed by atoms with van der Waals surface area (Å²) in [5.74, 6) is -0.351. The van der Waals surface area contributed by atoms with Crippen molar-refractivity contribution in [3.05, 3.63) is 83.7 Å². The number of carbonyl (C=O) groups excluding carboxylic acids is 2. The lowest BCUT2D eigenvalue weighted by atomic mass is 10.1. The number of aromatic nitrogens is 1. The molecule has 3 aromatic rings. The fraction of sp³-hybridized carbons (Fsp3) is 0.0476. The number of pyridine rings is 1. The molecule has 0 saturated heterocycles. The maximum atomic E-state index is 12.3. The third-order valence-corrected chi connectivity index (χ3v) is 3.83. The van der Waals surface area contributed by atoms with Gasteiger partial charge < -0.3 is 10.6 Å². The molecule has 0 fully saturated rings. The first-order chi connectivity index (χ1) is 13.0. The second-order valence-corrected chi connectivity index (χ2v) is 5.84. The summed E-state index contributed by atoms with van der Waals surface area (Å²) in [6.45, 7) is 1.52. The van der Waals surface area contributed by atoms with Crippen LogP contribution in [0.3, 0.4) is 0 Å². The Kier molecular flexibility index (Phi) is 5.24. The van der Waals surface area contributed by atoms with Gasteiger partial charge in [0, 0.05) is 16.9 Å². The highest BCUT2D eigenvalue weighted by Crippen LogP contribution is 2.18. The van der Waals surface area contributed by atoms with E-state index < -0.39 is 0 Å². The van der Waals surface area contributed by atoms with Gasteiger partial charge in [-0.05, 0) is 55.5 Å². The van der Waals surface area contributed by atoms with E-state index in [1.54, 1.807) is 60.8 Å². The molecule has 3 rings (SSSR count). The monoisotopic (exact) mass is 356 g/mol. The molecule has 0 aliphatic heterocycles. The molecule has 0 unspecified atom stereocenters. The lowest BCUT2D eigenvalue weighted by Gasteiger charge is -2.08. The number of hydrogen-bond acceptors (Lipinski definition) is 5. The van der Waals surface area contributed by atoms with Crippen LogP contribution in [-0.4, -0.2) is 16.7 Å². The molecule has 1 amide bonds. The number of Topliss-reactive ketones (excluding diaryl/α,β-unsaturated/α-hetero) is 1. The largest absolute Gasteiger partial charge is 0.354 e. The van der Waals surface area contributed by atoms with E-state index in [2.05, 4.69) is 15.6 Å². The molecule has 0 spiro atoms. The molecular formula is C21H16N4O2. The highest BCUT2D eigenvalue weighted by Gasteiger charge is 2.08. The Hall–Kier alpha value is -3.98. The predicted molar refractivity (Wildman–Crippen MR) is 103 cm³/mol. The number of ketones is 1. The van der Waals surface area contributed by atoms with Gasteiger partial charge in [-0.1, -0.05) is 12.1 Å². The summed E-state index contributed by atoms with van der Waals surface area (Å²) >= 11 is 0. The summed E-state index contributed by atoms with van der Waals surface area (Å²) < 4.78 is 0. The second kappa shape index (κ2) is 7.93. The smallest absolute Gasteiger partial charge is 0.274 e. The van der Waals surface area contributed by atoms with Crippen molar-refractivity contribution < 1.29 is 9.59 Å². The van der Waals surface area contributed by atoms with Crippen molar-refractivity contribution in [2.24, 2.45) is 0 Å². The molecule has 0 bridgehead atoms. The summed E-state index contributed by atoms with van der Waals surface area (Å²) in [6.07, 6.45) is 1.55.